The van der Waals surface area contributed by atoms with Crippen molar-refractivity contribution in [3.05, 3.63) is 0 Å². The van der Waals surface area contributed by atoms with Crippen LogP contribution in [0.25, 0.3) is 0 Å². The van der Waals surface area contributed by atoms with E-state index in [0.717, 1.165) is 10.5 Å². The van der Waals surface area contributed by atoms with Crippen LogP contribution in [0.3, 0.4) is 0 Å². The summed E-state index contributed by atoms with van der Waals surface area (Å²) < 4.78 is 51.1. The minimum absolute atomic E-state index is 0.754. The normalized spacial score (nSPS) is 14.0. The maximum Gasteiger partial charge on any atom is 0.286 e. The molecule has 0 bridgehead atoms. The van der Waals surface area contributed by atoms with Crippen LogP contribution in [0.15, 0.2) is 0 Å². The zero-order valence-corrected chi connectivity index (χ0v) is 52.8. The van der Waals surface area contributed by atoms with Crippen molar-refractivity contribution in [2.45, 2.75) is 244 Å². The molecule has 0 aromatic heterocycles. The van der Waals surface area contributed by atoms with Gasteiger partial charge in [-0.25, -0.2) is 0 Å². The van der Waals surface area contributed by atoms with E-state index in [9.17, 15) is 0 Å². The Morgan fingerprint density at radius 3 is 0.737 bits per heavy atom. The fraction of sp³-hybridized carbons (Fsp3) is 1.00. The molecule has 0 saturated heterocycles. The second-order valence-corrected chi connectivity index (χ2v) is 35.7. The first kappa shape index (κ1) is 58.8. The summed E-state index contributed by atoms with van der Waals surface area (Å²) in [5.41, 5.74) is 0. The molecule has 1 unspecified atom stereocenters. The van der Waals surface area contributed by atoms with Gasteiger partial charge in [0.15, 0.2) is 9.04 Å². The Balaban J connectivity index is 3.92. The Labute approximate surface area is 378 Å². The highest BCUT2D eigenvalue weighted by molar-refractivity contribution is 6.58. The molecule has 0 aliphatic heterocycles. The van der Waals surface area contributed by atoms with Gasteiger partial charge in [-0.15, -0.1) is 0 Å². The van der Waals surface area contributed by atoms with Gasteiger partial charge in [0.1, 0.15) is 10.5 Å². The Bertz CT molecular complexity index is 722. The van der Waals surface area contributed by atoms with Crippen LogP contribution < -0.4 is 0 Å². The summed E-state index contributed by atoms with van der Waals surface area (Å²) >= 11 is 0. The Morgan fingerprint density at radius 1 is 0.281 bits per heavy atom. The highest BCUT2D eigenvalue weighted by Gasteiger charge is 2.12. The zero-order chi connectivity index (χ0) is 41.1. The fourth-order valence-electron chi connectivity index (χ4n) is 7.32. The Hall–Kier alpha value is 1.81. The number of unbranched alkanes of at least 4 members (excludes halogenated alkanes) is 32. The lowest BCUT2D eigenvalue weighted by molar-refractivity contribution is 0.363. The van der Waals surface area contributed by atoms with E-state index in [0.29, 0.717) is 0 Å². The number of rotatable bonds is 53. The van der Waals surface area contributed by atoms with Crippen molar-refractivity contribution < 1.29 is 37.0 Å². The first-order valence-electron chi connectivity index (χ1n) is 24.5. The first-order valence-corrected chi connectivity index (χ1v) is 36.7. The molecule has 57 heavy (non-hydrogen) atoms. The lowest BCUT2D eigenvalue weighted by atomic mass is 10.0. The zero-order valence-electron chi connectivity index (χ0n) is 38.4. The van der Waals surface area contributed by atoms with E-state index in [-0.39, 0.29) is 0 Å². The van der Waals surface area contributed by atoms with Crippen LogP contribution in [0.5, 0.6) is 0 Å². The topological polar surface area (TPSA) is 83.1 Å². The quantitative estimate of drug-likeness (QED) is 0.0586. The summed E-state index contributed by atoms with van der Waals surface area (Å²) in [6, 6.07) is 2.67. The number of hydrogen-bond acceptors (Lipinski definition) is 9. The molecule has 1 atom stereocenters. The van der Waals surface area contributed by atoms with E-state index in [4.69, 9.17) is 37.0 Å². The van der Waals surface area contributed by atoms with Crippen LogP contribution >= 0.6 is 0 Å². The molecule has 0 aliphatic carbocycles. The fourth-order valence-corrected chi connectivity index (χ4v) is 25.7. The van der Waals surface area contributed by atoms with Crippen LogP contribution in [-0.4, -0.2) is 99.6 Å². The average molecular weight is 980 g/mol. The first-order chi connectivity index (χ1) is 28.3. The SMILES string of the molecule is CCCCCCCCCCCCCCCCCCCCCC[SiH](CCCCCCCCCCCCCCCC)O[SiH2]O[SiH2]O[SiH2]O[SiH2]O[SiH2]O[SiH2]O[SiH2]O[SiH2]O[SiH3]. The highest BCUT2D eigenvalue weighted by Crippen LogP contribution is 2.18. The molecule has 0 amide bonds. The second-order valence-electron chi connectivity index (χ2n) is 16.3. The number of hydrogen-bond donors (Lipinski definition) is 0. The molecule has 0 aliphatic rings. The monoisotopic (exact) mass is 978 g/mol. The van der Waals surface area contributed by atoms with Crippen LogP contribution in [0, 0.1) is 0 Å². The van der Waals surface area contributed by atoms with Gasteiger partial charge < -0.3 is 37.0 Å². The maximum atomic E-state index is 6.55. The third kappa shape index (κ3) is 53.9. The van der Waals surface area contributed by atoms with Crippen molar-refractivity contribution in [3.63, 3.8) is 0 Å². The standard InChI is InChI=1S/C38H98O9Si10/c1-3-5-7-9-11-13-15-17-19-20-21-22-23-24-26-28-30-32-34-36-38-57(37-35-33-31-29-27-25-18-16-14-12-10-8-6-4-2)47-56-46-55-45-54-44-53-43-52-42-51-41-50-40-49-39-48/h57H,3-38,49-56H2,1-2,48H3. The molecule has 19 heteroatoms. The Morgan fingerprint density at radius 2 is 0.491 bits per heavy atom. The maximum absolute atomic E-state index is 6.55. The van der Waals surface area contributed by atoms with Crippen LogP contribution in [0.2, 0.25) is 12.1 Å². The van der Waals surface area contributed by atoms with Crippen molar-refractivity contribution in [1.29, 1.82) is 0 Å². The lowest BCUT2D eigenvalue weighted by Gasteiger charge is -2.17. The van der Waals surface area contributed by atoms with E-state index >= 15 is 0 Å². The summed E-state index contributed by atoms with van der Waals surface area (Å²) in [5.74, 6) is 0. The second kappa shape index (κ2) is 55.8. The van der Waals surface area contributed by atoms with Gasteiger partial charge in [-0.05, 0) is 12.1 Å². The lowest BCUT2D eigenvalue weighted by Crippen LogP contribution is -2.24. The highest BCUT2D eigenvalue weighted by atomic mass is 28.4. The van der Waals surface area contributed by atoms with Gasteiger partial charge in [-0.1, -0.05) is 232 Å². The van der Waals surface area contributed by atoms with Gasteiger partial charge in [-0.2, -0.15) is 0 Å². The van der Waals surface area contributed by atoms with E-state index in [1.54, 1.807) is 0 Å². The van der Waals surface area contributed by atoms with Gasteiger partial charge >= 0.3 is 0 Å². The van der Waals surface area contributed by atoms with Crippen molar-refractivity contribution in [2.24, 2.45) is 0 Å². The largest absolute Gasteiger partial charge is 0.449 e. The molecule has 0 rings (SSSR count). The predicted molar refractivity (Wildman–Crippen MR) is 273 cm³/mol. The summed E-state index contributed by atoms with van der Waals surface area (Å²) in [6.07, 6.45) is 48.7. The molecule has 9 nitrogen and oxygen atoms in total. The van der Waals surface area contributed by atoms with Gasteiger partial charge in [0, 0.05) is 0 Å². The molecule has 0 saturated carbocycles. The van der Waals surface area contributed by atoms with Crippen LogP contribution in [-0.2, 0) is 37.0 Å². The molecule has 344 valence electrons. The third-order valence-electron chi connectivity index (χ3n) is 10.8. The van der Waals surface area contributed by atoms with Crippen LogP contribution in [0.4, 0.5) is 0 Å². The van der Waals surface area contributed by atoms with E-state index < -0.39 is 89.1 Å². The van der Waals surface area contributed by atoms with Crippen molar-refractivity contribution in [3.8, 4) is 0 Å². The van der Waals surface area contributed by atoms with E-state index in [1.165, 1.54) is 230 Å². The van der Waals surface area contributed by atoms with Gasteiger partial charge in [0.25, 0.3) is 80.1 Å². The molecule has 0 N–H and O–H groups in total. The molecule has 0 spiro atoms. The minimum Gasteiger partial charge on any atom is -0.449 e. The van der Waals surface area contributed by atoms with Crippen LogP contribution in [0.1, 0.15) is 232 Å². The molecule has 0 aromatic rings. The van der Waals surface area contributed by atoms with E-state index in [2.05, 4.69) is 13.8 Å². The van der Waals surface area contributed by atoms with Gasteiger partial charge in [-0.3, -0.25) is 0 Å². The molecule has 0 heterocycles. The average Bonchev–Trinajstić information content (AvgIpc) is 3.22. The van der Waals surface area contributed by atoms with E-state index in [1.807, 2.05) is 0 Å². The summed E-state index contributed by atoms with van der Waals surface area (Å²) in [4.78, 5) is 0. The van der Waals surface area contributed by atoms with Gasteiger partial charge in [0.05, 0.1) is 0 Å². The molecule has 0 radical (unpaired) electrons. The molecular formula is C38H98O9Si10. The van der Waals surface area contributed by atoms with Crippen molar-refractivity contribution in [1.82, 2.24) is 0 Å². The molecular weight excluding hydrogens is 881 g/mol. The Kier molecular flexibility index (Phi) is 57.6. The molecule has 0 fully saturated rings. The summed E-state index contributed by atoms with van der Waals surface area (Å²) in [7, 11) is -7.81. The third-order valence-corrected chi connectivity index (χ3v) is 25.7. The molecule has 0 aromatic carbocycles. The predicted octanol–water partition coefficient (Wildman–Crippen LogP) is 5.43. The minimum atomic E-state index is -1.17. The van der Waals surface area contributed by atoms with Crippen molar-refractivity contribution in [2.75, 3.05) is 0 Å². The smallest absolute Gasteiger partial charge is 0.286 e. The van der Waals surface area contributed by atoms with Crippen molar-refractivity contribution >= 4 is 99.6 Å². The summed E-state index contributed by atoms with van der Waals surface area (Å²) in [5, 5.41) is 0. The summed E-state index contributed by atoms with van der Waals surface area (Å²) in [6.45, 7) is 4.61. The van der Waals surface area contributed by atoms with Gasteiger partial charge in [0.2, 0.25) is 0 Å².